The molecule has 0 aliphatic rings. The van der Waals surface area contributed by atoms with Gasteiger partial charge < -0.3 is 5.32 Å². The molecule has 16 heavy (non-hydrogen) atoms. The first-order valence-electron chi connectivity index (χ1n) is 5.72. The summed E-state index contributed by atoms with van der Waals surface area (Å²) in [6.45, 7) is 4.52. The summed E-state index contributed by atoms with van der Waals surface area (Å²) in [7, 11) is 2.02. The summed E-state index contributed by atoms with van der Waals surface area (Å²) >= 11 is 8.45. The van der Waals surface area contributed by atoms with Crippen LogP contribution in [0.1, 0.15) is 38.3 Å². The highest BCUT2D eigenvalue weighted by atomic mass is 127. The zero-order valence-electron chi connectivity index (χ0n) is 10.1. The van der Waals surface area contributed by atoms with Gasteiger partial charge in [-0.1, -0.05) is 31.9 Å². The molecule has 1 nitrogen and oxygen atoms in total. The molecule has 0 spiro atoms. The number of hydrogen-bond acceptors (Lipinski definition) is 1. The van der Waals surface area contributed by atoms with E-state index in [0.29, 0.717) is 12.0 Å². The Hall–Kier alpha value is 0.200. The molecule has 2 unspecified atom stereocenters. The summed E-state index contributed by atoms with van der Waals surface area (Å²) in [5.41, 5.74) is 1.32. The minimum Gasteiger partial charge on any atom is -0.313 e. The minimum absolute atomic E-state index is 0.394. The number of hydrogen-bond donors (Lipinski definition) is 1. The Kier molecular flexibility index (Phi) is 6.08. The molecule has 0 fully saturated rings. The van der Waals surface area contributed by atoms with Gasteiger partial charge in [-0.2, -0.15) is 0 Å². The standard InChI is InChI=1S/C13H19ClIN/c1-4-5-9(2)13(16-3)11-8-10(14)6-7-12(11)15/h6-9,13,16H,4-5H2,1-3H3. The molecule has 1 rings (SSSR count). The summed E-state index contributed by atoms with van der Waals surface area (Å²) in [4.78, 5) is 0. The van der Waals surface area contributed by atoms with Gasteiger partial charge in [0.1, 0.15) is 0 Å². The smallest absolute Gasteiger partial charge is 0.0410 e. The van der Waals surface area contributed by atoms with Gasteiger partial charge in [-0.25, -0.2) is 0 Å². The molecule has 1 aromatic carbocycles. The van der Waals surface area contributed by atoms with Gasteiger partial charge in [-0.3, -0.25) is 0 Å². The zero-order chi connectivity index (χ0) is 12.1. The minimum atomic E-state index is 0.394. The van der Waals surface area contributed by atoms with Crippen LogP contribution in [-0.2, 0) is 0 Å². The summed E-state index contributed by atoms with van der Waals surface area (Å²) in [5.74, 6) is 0.627. The summed E-state index contributed by atoms with van der Waals surface area (Å²) in [6.07, 6.45) is 2.45. The van der Waals surface area contributed by atoms with Crippen molar-refractivity contribution in [3.8, 4) is 0 Å². The lowest BCUT2D eigenvalue weighted by Gasteiger charge is -2.25. The fraction of sp³-hybridized carbons (Fsp3) is 0.538. The van der Waals surface area contributed by atoms with Crippen LogP contribution in [0.4, 0.5) is 0 Å². The van der Waals surface area contributed by atoms with Gasteiger partial charge in [0.25, 0.3) is 0 Å². The maximum atomic E-state index is 6.07. The van der Waals surface area contributed by atoms with Gasteiger partial charge in [-0.05, 0) is 65.7 Å². The van der Waals surface area contributed by atoms with Crippen LogP contribution in [0.15, 0.2) is 18.2 Å². The highest BCUT2D eigenvalue weighted by molar-refractivity contribution is 14.1. The zero-order valence-corrected chi connectivity index (χ0v) is 13.0. The molecule has 2 atom stereocenters. The van der Waals surface area contributed by atoms with Crippen LogP contribution in [0, 0.1) is 9.49 Å². The topological polar surface area (TPSA) is 12.0 Å². The van der Waals surface area contributed by atoms with E-state index >= 15 is 0 Å². The van der Waals surface area contributed by atoms with Crippen molar-refractivity contribution in [2.24, 2.45) is 5.92 Å². The number of nitrogens with one attached hydrogen (secondary N) is 1. The molecule has 90 valence electrons. The lowest BCUT2D eigenvalue weighted by molar-refractivity contribution is 0.383. The molecular formula is C13H19ClIN. The Morgan fingerprint density at radius 3 is 2.69 bits per heavy atom. The fourth-order valence-electron chi connectivity index (χ4n) is 2.12. The number of benzene rings is 1. The monoisotopic (exact) mass is 351 g/mol. The fourth-order valence-corrected chi connectivity index (χ4v) is 2.97. The first kappa shape index (κ1) is 14.3. The van der Waals surface area contributed by atoms with Crippen LogP contribution in [-0.4, -0.2) is 7.05 Å². The molecule has 0 aromatic heterocycles. The van der Waals surface area contributed by atoms with Gasteiger partial charge in [-0.15, -0.1) is 0 Å². The van der Waals surface area contributed by atoms with Crippen LogP contribution in [0.5, 0.6) is 0 Å². The van der Waals surface area contributed by atoms with Crippen molar-refractivity contribution in [3.05, 3.63) is 32.4 Å². The van der Waals surface area contributed by atoms with Gasteiger partial charge in [0.2, 0.25) is 0 Å². The molecular weight excluding hydrogens is 333 g/mol. The largest absolute Gasteiger partial charge is 0.313 e. The van der Waals surface area contributed by atoms with E-state index in [1.165, 1.54) is 22.0 Å². The van der Waals surface area contributed by atoms with Crippen molar-refractivity contribution >= 4 is 34.2 Å². The third-order valence-electron chi connectivity index (χ3n) is 2.92. The molecule has 1 N–H and O–H groups in total. The van der Waals surface area contributed by atoms with Crippen molar-refractivity contribution in [2.45, 2.75) is 32.7 Å². The number of rotatable bonds is 5. The maximum Gasteiger partial charge on any atom is 0.0410 e. The Bertz CT molecular complexity index is 341. The second-order valence-electron chi connectivity index (χ2n) is 4.20. The molecule has 0 aliphatic carbocycles. The van der Waals surface area contributed by atoms with E-state index in [9.17, 15) is 0 Å². The Morgan fingerprint density at radius 1 is 1.44 bits per heavy atom. The molecule has 0 radical (unpaired) electrons. The van der Waals surface area contributed by atoms with Crippen molar-refractivity contribution in [3.63, 3.8) is 0 Å². The van der Waals surface area contributed by atoms with Crippen LogP contribution < -0.4 is 5.32 Å². The molecule has 0 saturated heterocycles. The highest BCUT2D eigenvalue weighted by Gasteiger charge is 2.19. The average molecular weight is 352 g/mol. The van der Waals surface area contributed by atoms with E-state index in [2.05, 4.69) is 53.9 Å². The predicted octanol–water partition coefficient (Wildman–Crippen LogP) is 4.64. The first-order valence-corrected chi connectivity index (χ1v) is 7.18. The van der Waals surface area contributed by atoms with Crippen LogP contribution in [0.25, 0.3) is 0 Å². The molecule has 0 bridgehead atoms. The van der Waals surface area contributed by atoms with Crippen molar-refractivity contribution in [1.29, 1.82) is 0 Å². The van der Waals surface area contributed by atoms with Gasteiger partial charge in [0.15, 0.2) is 0 Å². The molecule has 0 amide bonds. The van der Waals surface area contributed by atoms with Crippen molar-refractivity contribution in [1.82, 2.24) is 5.32 Å². The predicted molar refractivity (Wildman–Crippen MR) is 80.0 cm³/mol. The van der Waals surface area contributed by atoms with E-state index in [1.807, 2.05) is 13.1 Å². The number of halogens is 2. The molecule has 1 aromatic rings. The van der Waals surface area contributed by atoms with Gasteiger partial charge in [0, 0.05) is 14.6 Å². The van der Waals surface area contributed by atoms with Crippen LogP contribution >= 0.6 is 34.2 Å². The second-order valence-corrected chi connectivity index (χ2v) is 5.80. The molecule has 0 saturated carbocycles. The second kappa shape index (κ2) is 6.82. The summed E-state index contributed by atoms with van der Waals surface area (Å²) in [6, 6.07) is 6.51. The lowest BCUT2D eigenvalue weighted by Crippen LogP contribution is -2.24. The highest BCUT2D eigenvalue weighted by Crippen LogP contribution is 2.30. The van der Waals surface area contributed by atoms with Crippen molar-refractivity contribution in [2.75, 3.05) is 7.05 Å². The van der Waals surface area contributed by atoms with Gasteiger partial charge in [0.05, 0.1) is 0 Å². The summed E-state index contributed by atoms with van der Waals surface area (Å²) in [5, 5.41) is 4.23. The third kappa shape index (κ3) is 3.60. The van der Waals surface area contributed by atoms with E-state index in [0.717, 1.165) is 5.02 Å². The summed E-state index contributed by atoms with van der Waals surface area (Å²) < 4.78 is 1.28. The van der Waals surface area contributed by atoms with Gasteiger partial charge >= 0.3 is 0 Å². The Balaban J connectivity index is 2.98. The van der Waals surface area contributed by atoms with E-state index in [-0.39, 0.29) is 0 Å². The molecule has 0 heterocycles. The van der Waals surface area contributed by atoms with E-state index in [4.69, 9.17) is 11.6 Å². The SMILES string of the molecule is CCCC(C)C(NC)c1cc(Cl)ccc1I. The van der Waals surface area contributed by atoms with Crippen molar-refractivity contribution < 1.29 is 0 Å². The molecule has 0 aliphatic heterocycles. The maximum absolute atomic E-state index is 6.07. The molecule has 3 heteroatoms. The average Bonchev–Trinajstić information content (AvgIpc) is 2.24. The normalized spacial score (nSPS) is 14.8. The first-order chi connectivity index (χ1) is 7.60. The van der Waals surface area contributed by atoms with Crippen LogP contribution in [0.3, 0.4) is 0 Å². The third-order valence-corrected chi connectivity index (χ3v) is 4.13. The Labute approximate surface area is 117 Å². The van der Waals surface area contributed by atoms with E-state index < -0.39 is 0 Å². The van der Waals surface area contributed by atoms with E-state index in [1.54, 1.807) is 0 Å². The quantitative estimate of drug-likeness (QED) is 0.762. The Morgan fingerprint density at radius 2 is 2.12 bits per heavy atom. The lowest BCUT2D eigenvalue weighted by atomic mass is 9.91. The van der Waals surface area contributed by atoms with Crippen LogP contribution in [0.2, 0.25) is 5.02 Å².